The first-order valence-corrected chi connectivity index (χ1v) is 7.71. The third kappa shape index (κ3) is 5.02. The van der Waals surface area contributed by atoms with Crippen molar-refractivity contribution >= 4 is 11.8 Å². The Morgan fingerprint density at radius 3 is 2.81 bits per heavy atom. The number of aliphatic hydroxyl groups is 1. The molecule has 0 aliphatic carbocycles. The SMILES string of the molecule is CC(C)Oc1cncc(C(O)CSc2cccc(F)c2)c1. The van der Waals surface area contributed by atoms with E-state index >= 15 is 0 Å². The van der Waals surface area contributed by atoms with Crippen LogP contribution in [-0.4, -0.2) is 21.9 Å². The van der Waals surface area contributed by atoms with E-state index < -0.39 is 6.10 Å². The summed E-state index contributed by atoms with van der Waals surface area (Å²) in [6, 6.07) is 8.11. The predicted molar refractivity (Wildman–Crippen MR) is 82.1 cm³/mol. The summed E-state index contributed by atoms with van der Waals surface area (Å²) in [4.78, 5) is 4.86. The molecule has 3 nitrogen and oxygen atoms in total. The summed E-state index contributed by atoms with van der Waals surface area (Å²) >= 11 is 1.40. The molecule has 0 saturated heterocycles. The van der Waals surface area contributed by atoms with Crippen molar-refractivity contribution in [2.75, 3.05) is 5.75 Å². The molecule has 2 rings (SSSR count). The maximum atomic E-state index is 13.1. The molecule has 112 valence electrons. The van der Waals surface area contributed by atoms with Crippen LogP contribution in [0.1, 0.15) is 25.5 Å². The summed E-state index contributed by atoms with van der Waals surface area (Å²) in [5.41, 5.74) is 0.692. The molecule has 2 aromatic rings. The number of benzene rings is 1. The third-order valence-corrected chi connectivity index (χ3v) is 3.76. The van der Waals surface area contributed by atoms with Crippen molar-refractivity contribution in [2.24, 2.45) is 0 Å². The lowest BCUT2D eigenvalue weighted by Crippen LogP contribution is -2.07. The van der Waals surface area contributed by atoms with Gasteiger partial charge in [0.25, 0.3) is 0 Å². The molecule has 1 aromatic carbocycles. The molecule has 1 aromatic heterocycles. The normalized spacial score (nSPS) is 12.4. The van der Waals surface area contributed by atoms with Gasteiger partial charge < -0.3 is 9.84 Å². The van der Waals surface area contributed by atoms with Crippen LogP contribution in [0.25, 0.3) is 0 Å². The molecule has 0 fully saturated rings. The van der Waals surface area contributed by atoms with E-state index in [-0.39, 0.29) is 11.9 Å². The first kappa shape index (κ1) is 15.8. The van der Waals surface area contributed by atoms with Crippen LogP contribution in [0.3, 0.4) is 0 Å². The van der Waals surface area contributed by atoms with Gasteiger partial charge in [-0.15, -0.1) is 11.8 Å². The van der Waals surface area contributed by atoms with Gasteiger partial charge in [0.2, 0.25) is 0 Å². The fourth-order valence-electron chi connectivity index (χ4n) is 1.78. The topological polar surface area (TPSA) is 42.4 Å². The third-order valence-electron chi connectivity index (χ3n) is 2.69. The molecule has 0 radical (unpaired) electrons. The number of ether oxygens (including phenoxy) is 1. The number of halogens is 1. The number of hydrogen-bond donors (Lipinski definition) is 1. The van der Waals surface area contributed by atoms with Gasteiger partial charge >= 0.3 is 0 Å². The standard InChI is InChI=1S/C16H18FNO2S/c1-11(2)20-14-6-12(8-18-9-14)16(19)10-21-15-5-3-4-13(17)7-15/h3-9,11,16,19H,10H2,1-2H3. The largest absolute Gasteiger partial charge is 0.489 e. The fraction of sp³-hybridized carbons (Fsp3) is 0.312. The summed E-state index contributed by atoms with van der Waals surface area (Å²) < 4.78 is 18.6. The van der Waals surface area contributed by atoms with E-state index in [4.69, 9.17) is 4.74 Å². The second-order valence-electron chi connectivity index (χ2n) is 4.90. The van der Waals surface area contributed by atoms with Crippen LogP contribution in [0.5, 0.6) is 5.75 Å². The number of pyridine rings is 1. The van der Waals surface area contributed by atoms with Crippen LogP contribution in [0.15, 0.2) is 47.6 Å². The van der Waals surface area contributed by atoms with Gasteiger partial charge in [0.1, 0.15) is 11.6 Å². The molecule has 1 heterocycles. The van der Waals surface area contributed by atoms with Crippen molar-refractivity contribution in [2.45, 2.75) is 31.0 Å². The Bertz CT molecular complexity index is 592. The molecule has 1 N–H and O–H groups in total. The molecule has 0 amide bonds. The van der Waals surface area contributed by atoms with Crippen molar-refractivity contribution in [3.05, 3.63) is 54.1 Å². The summed E-state index contributed by atoms with van der Waals surface area (Å²) in [6.07, 6.45) is 2.61. The average Bonchev–Trinajstić information content (AvgIpc) is 2.44. The first-order chi connectivity index (χ1) is 10.0. The van der Waals surface area contributed by atoms with Crippen LogP contribution in [0.2, 0.25) is 0 Å². The van der Waals surface area contributed by atoms with E-state index in [1.165, 1.54) is 23.9 Å². The number of aromatic nitrogens is 1. The van der Waals surface area contributed by atoms with Crippen molar-refractivity contribution in [1.29, 1.82) is 0 Å². The Labute approximate surface area is 128 Å². The molecule has 0 aliphatic rings. The Morgan fingerprint density at radius 2 is 2.10 bits per heavy atom. The summed E-state index contributed by atoms with van der Waals surface area (Å²) in [5, 5.41) is 10.2. The van der Waals surface area contributed by atoms with Crippen LogP contribution in [0, 0.1) is 5.82 Å². The van der Waals surface area contributed by atoms with Gasteiger partial charge in [0.05, 0.1) is 18.4 Å². The highest BCUT2D eigenvalue weighted by Gasteiger charge is 2.11. The van der Waals surface area contributed by atoms with Gasteiger partial charge in [-0.3, -0.25) is 4.98 Å². The number of hydrogen-bond acceptors (Lipinski definition) is 4. The smallest absolute Gasteiger partial charge is 0.138 e. The second-order valence-corrected chi connectivity index (χ2v) is 6.00. The van der Waals surface area contributed by atoms with Gasteiger partial charge in [0, 0.05) is 22.4 Å². The van der Waals surface area contributed by atoms with Crippen molar-refractivity contribution in [3.8, 4) is 5.75 Å². The molecule has 1 atom stereocenters. The molecular weight excluding hydrogens is 289 g/mol. The van der Waals surface area contributed by atoms with Crippen molar-refractivity contribution in [1.82, 2.24) is 4.98 Å². The zero-order valence-electron chi connectivity index (χ0n) is 12.0. The maximum absolute atomic E-state index is 13.1. The molecule has 1 unspecified atom stereocenters. The molecule has 0 aliphatic heterocycles. The highest BCUT2D eigenvalue weighted by atomic mass is 32.2. The molecule has 21 heavy (non-hydrogen) atoms. The number of thioether (sulfide) groups is 1. The number of nitrogens with zero attached hydrogens (tertiary/aromatic N) is 1. The van der Waals surface area contributed by atoms with Gasteiger partial charge in [-0.2, -0.15) is 0 Å². The molecule has 0 spiro atoms. The minimum Gasteiger partial charge on any atom is -0.489 e. The lowest BCUT2D eigenvalue weighted by molar-refractivity contribution is 0.201. The van der Waals surface area contributed by atoms with E-state index in [0.717, 1.165) is 4.90 Å². The molecule has 0 bridgehead atoms. The lowest BCUT2D eigenvalue weighted by Gasteiger charge is -2.13. The van der Waals surface area contributed by atoms with E-state index in [2.05, 4.69) is 4.98 Å². The van der Waals surface area contributed by atoms with E-state index in [9.17, 15) is 9.50 Å². The Kier molecular flexibility index (Phi) is 5.59. The summed E-state index contributed by atoms with van der Waals surface area (Å²) in [7, 11) is 0. The van der Waals surface area contributed by atoms with Gasteiger partial charge in [-0.1, -0.05) is 6.07 Å². The molecule has 0 saturated carbocycles. The second kappa shape index (κ2) is 7.43. The van der Waals surface area contributed by atoms with Crippen LogP contribution in [-0.2, 0) is 0 Å². The van der Waals surface area contributed by atoms with Crippen LogP contribution < -0.4 is 4.74 Å². The monoisotopic (exact) mass is 307 g/mol. The Balaban J connectivity index is 1.98. The number of aliphatic hydroxyl groups excluding tert-OH is 1. The Morgan fingerprint density at radius 1 is 1.29 bits per heavy atom. The number of rotatable bonds is 6. The minimum absolute atomic E-state index is 0.0564. The molecular formula is C16H18FNO2S. The average molecular weight is 307 g/mol. The van der Waals surface area contributed by atoms with Crippen molar-refractivity contribution in [3.63, 3.8) is 0 Å². The summed E-state index contributed by atoms with van der Waals surface area (Å²) in [5.74, 6) is 0.789. The zero-order valence-corrected chi connectivity index (χ0v) is 12.8. The van der Waals surface area contributed by atoms with Crippen LogP contribution >= 0.6 is 11.8 Å². The first-order valence-electron chi connectivity index (χ1n) is 6.72. The van der Waals surface area contributed by atoms with Crippen molar-refractivity contribution < 1.29 is 14.2 Å². The Hall–Kier alpha value is -1.59. The van der Waals surface area contributed by atoms with E-state index in [1.807, 2.05) is 19.9 Å². The van der Waals surface area contributed by atoms with Gasteiger partial charge in [-0.25, -0.2) is 4.39 Å². The minimum atomic E-state index is -0.679. The van der Waals surface area contributed by atoms with Gasteiger partial charge in [0.15, 0.2) is 0 Å². The molecule has 5 heteroatoms. The van der Waals surface area contributed by atoms with E-state index in [1.54, 1.807) is 24.5 Å². The zero-order chi connectivity index (χ0) is 15.2. The quantitative estimate of drug-likeness (QED) is 0.824. The lowest BCUT2D eigenvalue weighted by atomic mass is 10.2. The highest BCUT2D eigenvalue weighted by Crippen LogP contribution is 2.26. The highest BCUT2D eigenvalue weighted by molar-refractivity contribution is 7.99. The van der Waals surface area contributed by atoms with Gasteiger partial charge in [-0.05, 0) is 38.1 Å². The predicted octanol–water partition coefficient (Wildman–Crippen LogP) is 3.83. The fourth-order valence-corrected chi connectivity index (χ4v) is 2.70. The maximum Gasteiger partial charge on any atom is 0.138 e. The van der Waals surface area contributed by atoms with Crippen LogP contribution in [0.4, 0.5) is 4.39 Å². The van der Waals surface area contributed by atoms with E-state index in [0.29, 0.717) is 17.1 Å². The summed E-state index contributed by atoms with van der Waals surface area (Å²) in [6.45, 7) is 3.87.